The van der Waals surface area contributed by atoms with Crippen LogP contribution >= 0.6 is 0 Å². The van der Waals surface area contributed by atoms with Crippen molar-refractivity contribution in [3.63, 3.8) is 0 Å². The van der Waals surface area contributed by atoms with E-state index in [0.717, 1.165) is 24.3 Å². The van der Waals surface area contributed by atoms with Crippen molar-refractivity contribution in [2.24, 2.45) is 23.5 Å². The first-order valence-electron chi connectivity index (χ1n) is 7.53. The van der Waals surface area contributed by atoms with Crippen LogP contribution in [0, 0.1) is 17.8 Å². The molecular formula is C15H30N2. The van der Waals surface area contributed by atoms with Gasteiger partial charge in [-0.1, -0.05) is 27.2 Å². The number of nitrogens with two attached hydrogens (primary N) is 1. The molecular weight excluding hydrogens is 208 g/mol. The highest BCUT2D eigenvalue weighted by Crippen LogP contribution is 2.42. The molecule has 1 aliphatic carbocycles. The van der Waals surface area contributed by atoms with E-state index in [1.165, 1.54) is 45.2 Å². The van der Waals surface area contributed by atoms with Crippen LogP contribution < -0.4 is 5.73 Å². The molecule has 0 aromatic rings. The highest BCUT2D eigenvalue weighted by Gasteiger charge is 2.44. The predicted octanol–water partition coefficient (Wildman–Crippen LogP) is 2.87. The molecule has 0 amide bonds. The van der Waals surface area contributed by atoms with E-state index >= 15 is 0 Å². The summed E-state index contributed by atoms with van der Waals surface area (Å²) in [6, 6.07) is 0. The van der Waals surface area contributed by atoms with E-state index in [-0.39, 0.29) is 0 Å². The van der Waals surface area contributed by atoms with Gasteiger partial charge in [0.05, 0.1) is 0 Å². The Morgan fingerprint density at radius 2 is 1.88 bits per heavy atom. The molecule has 2 aliphatic rings. The fourth-order valence-corrected chi connectivity index (χ4v) is 4.16. The molecule has 0 spiro atoms. The van der Waals surface area contributed by atoms with Crippen molar-refractivity contribution >= 4 is 0 Å². The second kappa shape index (κ2) is 5.27. The topological polar surface area (TPSA) is 29.3 Å². The molecule has 0 aromatic carbocycles. The van der Waals surface area contributed by atoms with Gasteiger partial charge in [-0.05, 0) is 50.0 Å². The van der Waals surface area contributed by atoms with Crippen LogP contribution in [0.2, 0.25) is 0 Å². The third kappa shape index (κ3) is 2.53. The van der Waals surface area contributed by atoms with E-state index in [4.69, 9.17) is 5.73 Å². The first kappa shape index (κ1) is 13.4. The quantitative estimate of drug-likeness (QED) is 0.801. The van der Waals surface area contributed by atoms with Crippen molar-refractivity contribution in [1.29, 1.82) is 0 Å². The second-order valence-corrected chi connectivity index (χ2v) is 6.79. The maximum absolute atomic E-state index is 6.23. The minimum absolute atomic E-state index is 0.312. The molecule has 4 unspecified atom stereocenters. The Labute approximate surface area is 107 Å². The van der Waals surface area contributed by atoms with Gasteiger partial charge in [-0.2, -0.15) is 0 Å². The van der Waals surface area contributed by atoms with Gasteiger partial charge in [0.1, 0.15) is 0 Å². The highest BCUT2D eigenvalue weighted by atomic mass is 15.2. The van der Waals surface area contributed by atoms with Gasteiger partial charge in [0.25, 0.3) is 0 Å². The molecule has 1 aliphatic heterocycles. The van der Waals surface area contributed by atoms with Gasteiger partial charge in [-0.15, -0.1) is 0 Å². The summed E-state index contributed by atoms with van der Waals surface area (Å²) in [4.78, 5) is 2.75. The van der Waals surface area contributed by atoms with Crippen molar-refractivity contribution in [2.75, 3.05) is 19.6 Å². The van der Waals surface area contributed by atoms with E-state index in [1.807, 2.05) is 0 Å². The summed E-state index contributed by atoms with van der Waals surface area (Å²) in [6.45, 7) is 10.6. The first-order valence-corrected chi connectivity index (χ1v) is 7.53. The molecule has 2 heteroatoms. The minimum atomic E-state index is 0.312. The van der Waals surface area contributed by atoms with E-state index in [1.54, 1.807) is 0 Å². The zero-order valence-corrected chi connectivity index (χ0v) is 11.9. The van der Waals surface area contributed by atoms with Crippen LogP contribution in [-0.2, 0) is 0 Å². The minimum Gasteiger partial charge on any atom is -0.329 e. The number of piperidine rings is 1. The number of hydrogen-bond donors (Lipinski definition) is 1. The molecule has 1 heterocycles. The zero-order valence-electron chi connectivity index (χ0n) is 11.9. The average Bonchev–Trinajstić information content (AvgIpc) is 2.32. The van der Waals surface area contributed by atoms with Gasteiger partial charge >= 0.3 is 0 Å². The number of hydrogen-bond acceptors (Lipinski definition) is 2. The van der Waals surface area contributed by atoms with Gasteiger partial charge in [0.2, 0.25) is 0 Å². The van der Waals surface area contributed by atoms with Crippen LogP contribution in [0.15, 0.2) is 0 Å². The number of rotatable bonds is 2. The molecule has 0 radical (unpaired) electrons. The number of likely N-dealkylation sites (tertiary alicyclic amines) is 1. The van der Waals surface area contributed by atoms with Crippen LogP contribution in [0.4, 0.5) is 0 Å². The Morgan fingerprint density at radius 1 is 1.12 bits per heavy atom. The summed E-state index contributed by atoms with van der Waals surface area (Å²) in [7, 11) is 0. The molecule has 2 rings (SSSR count). The van der Waals surface area contributed by atoms with Crippen molar-refractivity contribution in [3.05, 3.63) is 0 Å². The van der Waals surface area contributed by atoms with E-state index in [2.05, 4.69) is 25.7 Å². The lowest BCUT2D eigenvalue weighted by Gasteiger charge is -2.54. The molecule has 2 fully saturated rings. The molecule has 0 bridgehead atoms. The van der Waals surface area contributed by atoms with Crippen LogP contribution in [0.5, 0.6) is 0 Å². The maximum atomic E-state index is 6.23. The van der Waals surface area contributed by atoms with E-state index in [0.29, 0.717) is 5.54 Å². The fourth-order valence-electron chi connectivity index (χ4n) is 4.16. The van der Waals surface area contributed by atoms with Crippen molar-refractivity contribution in [2.45, 2.75) is 58.4 Å². The summed E-state index contributed by atoms with van der Waals surface area (Å²) in [5, 5.41) is 0. The Bertz CT molecular complexity index is 253. The van der Waals surface area contributed by atoms with Gasteiger partial charge in [-0.25, -0.2) is 0 Å². The Kier molecular flexibility index (Phi) is 4.14. The van der Waals surface area contributed by atoms with Crippen LogP contribution in [-0.4, -0.2) is 30.1 Å². The van der Waals surface area contributed by atoms with Crippen molar-refractivity contribution < 1.29 is 0 Å². The monoisotopic (exact) mass is 238 g/mol. The van der Waals surface area contributed by atoms with Crippen molar-refractivity contribution in [1.82, 2.24) is 4.90 Å². The smallest absolute Gasteiger partial charge is 0.0359 e. The summed E-state index contributed by atoms with van der Waals surface area (Å²) in [5.74, 6) is 2.48. The average molecular weight is 238 g/mol. The van der Waals surface area contributed by atoms with Crippen LogP contribution in [0.25, 0.3) is 0 Å². The Balaban J connectivity index is 2.16. The SMILES string of the molecule is CC1CCCN(C2(CN)CC(C)CCC2C)C1. The van der Waals surface area contributed by atoms with Crippen LogP contribution in [0.3, 0.4) is 0 Å². The fraction of sp³-hybridized carbons (Fsp3) is 1.00. The standard InChI is InChI=1S/C15H30N2/c1-12-6-7-14(3)15(9-12,11-16)17-8-4-5-13(2)10-17/h12-14H,4-11,16H2,1-3H3. The lowest BCUT2D eigenvalue weighted by Crippen LogP contribution is -2.62. The van der Waals surface area contributed by atoms with E-state index in [9.17, 15) is 0 Å². The Morgan fingerprint density at radius 3 is 2.53 bits per heavy atom. The predicted molar refractivity (Wildman–Crippen MR) is 73.9 cm³/mol. The summed E-state index contributed by atoms with van der Waals surface area (Å²) in [6.07, 6.45) is 6.85. The Hall–Kier alpha value is -0.0800. The second-order valence-electron chi connectivity index (χ2n) is 6.79. The zero-order chi connectivity index (χ0) is 12.5. The third-order valence-corrected chi connectivity index (χ3v) is 5.35. The van der Waals surface area contributed by atoms with Crippen LogP contribution in [0.1, 0.15) is 52.9 Å². The molecule has 1 saturated carbocycles. The normalized spacial score (nSPS) is 44.8. The summed E-state index contributed by atoms with van der Waals surface area (Å²) >= 11 is 0. The van der Waals surface area contributed by atoms with Gasteiger partial charge in [-0.3, -0.25) is 4.90 Å². The third-order valence-electron chi connectivity index (χ3n) is 5.35. The molecule has 1 saturated heterocycles. The molecule has 2 N–H and O–H groups in total. The molecule has 100 valence electrons. The van der Waals surface area contributed by atoms with Gasteiger partial charge < -0.3 is 5.73 Å². The molecule has 2 nitrogen and oxygen atoms in total. The van der Waals surface area contributed by atoms with Crippen molar-refractivity contribution in [3.8, 4) is 0 Å². The summed E-state index contributed by atoms with van der Waals surface area (Å²) in [5.41, 5.74) is 6.54. The lowest BCUT2D eigenvalue weighted by atomic mass is 9.68. The molecule has 17 heavy (non-hydrogen) atoms. The van der Waals surface area contributed by atoms with E-state index < -0.39 is 0 Å². The van der Waals surface area contributed by atoms with Gasteiger partial charge in [0.15, 0.2) is 0 Å². The lowest BCUT2D eigenvalue weighted by molar-refractivity contribution is -0.0265. The molecule has 4 atom stereocenters. The molecule has 0 aromatic heterocycles. The largest absolute Gasteiger partial charge is 0.329 e. The first-order chi connectivity index (χ1) is 8.08. The summed E-state index contributed by atoms with van der Waals surface area (Å²) < 4.78 is 0. The number of nitrogens with zero attached hydrogens (tertiary/aromatic N) is 1. The maximum Gasteiger partial charge on any atom is 0.0359 e. The van der Waals surface area contributed by atoms with Gasteiger partial charge in [0, 0.05) is 18.6 Å². The highest BCUT2D eigenvalue weighted by molar-refractivity contribution is 5.01.